The molecule has 7 heteroatoms. The first kappa shape index (κ1) is 16.1. The van der Waals surface area contributed by atoms with E-state index in [0.29, 0.717) is 12.1 Å². The van der Waals surface area contributed by atoms with E-state index >= 15 is 0 Å². The Balaban J connectivity index is 1.70. The number of aryl methyl sites for hydroxylation is 1. The van der Waals surface area contributed by atoms with Crippen LogP contribution in [0.3, 0.4) is 0 Å². The largest absolute Gasteiger partial charge is 0.301 e. The van der Waals surface area contributed by atoms with Crippen LogP contribution < -0.4 is 4.90 Å². The lowest BCUT2D eigenvalue weighted by Gasteiger charge is -2.22. The SMILES string of the molecule is CCc1ncc(CN(C)[C@@H]2CCN(c3sccc3C#N)C2=O)s1. The molecule has 1 aliphatic heterocycles. The van der Waals surface area contributed by atoms with Gasteiger partial charge < -0.3 is 4.90 Å². The number of carbonyl (C=O) groups is 1. The Kier molecular flexibility index (Phi) is 4.76. The lowest BCUT2D eigenvalue weighted by molar-refractivity contribution is -0.121. The van der Waals surface area contributed by atoms with Crippen molar-refractivity contribution in [2.75, 3.05) is 18.5 Å². The molecule has 0 unspecified atom stereocenters. The molecule has 0 saturated carbocycles. The van der Waals surface area contributed by atoms with Gasteiger partial charge in [0.15, 0.2) is 0 Å². The number of anilines is 1. The van der Waals surface area contributed by atoms with E-state index in [2.05, 4.69) is 22.9 Å². The fourth-order valence-corrected chi connectivity index (χ4v) is 4.62. The summed E-state index contributed by atoms with van der Waals surface area (Å²) in [5, 5.41) is 12.9. The molecule has 1 saturated heterocycles. The van der Waals surface area contributed by atoms with Gasteiger partial charge >= 0.3 is 0 Å². The van der Waals surface area contributed by atoms with Gasteiger partial charge in [0, 0.05) is 24.2 Å². The number of nitrogens with zero attached hydrogens (tertiary/aromatic N) is 4. The summed E-state index contributed by atoms with van der Waals surface area (Å²) < 4.78 is 0. The zero-order valence-corrected chi connectivity index (χ0v) is 14.8. The number of hydrogen-bond donors (Lipinski definition) is 0. The second-order valence-electron chi connectivity index (χ2n) is 5.53. The molecule has 0 aromatic carbocycles. The monoisotopic (exact) mass is 346 g/mol. The highest BCUT2D eigenvalue weighted by molar-refractivity contribution is 7.14. The van der Waals surface area contributed by atoms with Gasteiger partial charge in [-0.1, -0.05) is 6.92 Å². The molecular weight excluding hydrogens is 328 g/mol. The molecule has 1 amide bonds. The molecule has 5 nitrogen and oxygen atoms in total. The summed E-state index contributed by atoms with van der Waals surface area (Å²) in [6.45, 7) is 3.50. The van der Waals surface area contributed by atoms with Gasteiger partial charge in [0.25, 0.3) is 0 Å². The number of carbonyl (C=O) groups excluding carboxylic acids is 1. The van der Waals surface area contributed by atoms with Crippen molar-refractivity contribution in [3.63, 3.8) is 0 Å². The standard InChI is InChI=1S/C16H18N4OS2/c1-3-14-18-9-12(23-14)10-19(2)13-4-6-20(15(13)21)16-11(8-17)5-7-22-16/h5,7,9,13H,3-4,6,10H2,1-2H3/t13-/m1/s1. The van der Waals surface area contributed by atoms with E-state index in [1.807, 2.05) is 18.6 Å². The van der Waals surface area contributed by atoms with Gasteiger partial charge in [0.05, 0.1) is 16.6 Å². The molecule has 0 spiro atoms. The zero-order valence-electron chi connectivity index (χ0n) is 13.2. The highest BCUT2D eigenvalue weighted by Gasteiger charge is 2.36. The first-order valence-electron chi connectivity index (χ1n) is 7.56. The third-order valence-electron chi connectivity index (χ3n) is 4.03. The van der Waals surface area contributed by atoms with Crippen LogP contribution in [0.15, 0.2) is 17.6 Å². The van der Waals surface area contributed by atoms with Crippen molar-refractivity contribution in [3.05, 3.63) is 33.1 Å². The molecule has 120 valence electrons. The lowest BCUT2D eigenvalue weighted by Crippen LogP contribution is -2.39. The van der Waals surface area contributed by atoms with Crippen LogP contribution in [0.5, 0.6) is 0 Å². The van der Waals surface area contributed by atoms with Crippen LogP contribution in [0.1, 0.15) is 28.8 Å². The van der Waals surface area contributed by atoms with Crippen LogP contribution in [-0.2, 0) is 17.8 Å². The summed E-state index contributed by atoms with van der Waals surface area (Å²) in [6, 6.07) is 3.81. The summed E-state index contributed by atoms with van der Waals surface area (Å²) >= 11 is 3.16. The molecule has 0 bridgehead atoms. The number of rotatable bonds is 5. The Morgan fingerprint density at radius 2 is 2.39 bits per heavy atom. The van der Waals surface area contributed by atoms with E-state index in [-0.39, 0.29) is 11.9 Å². The molecule has 2 aromatic heterocycles. The maximum atomic E-state index is 12.7. The second kappa shape index (κ2) is 6.79. The predicted molar refractivity (Wildman–Crippen MR) is 92.8 cm³/mol. The Morgan fingerprint density at radius 3 is 3.09 bits per heavy atom. The van der Waals surface area contributed by atoms with Crippen molar-refractivity contribution in [3.8, 4) is 6.07 Å². The molecule has 3 heterocycles. The Morgan fingerprint density at radius 1 is 1.57 bits per heavy atom. The van der Waals surface area contributed by atoms with Crippen molar-refractivity contribution < 1.29 is 4.79 Å². The summed E-state index contributed by atoms with van der Waals surface area (Å²) in [7, 11) is 1.98. The molecule has 1 atom stereocenters. The van der Waals surface area contributed by atoms with E-state index in [4.69, 9.17) is 5.26 Å². The molecule has 1 aliphatic rings. The van der Waals surface area contributed by atoms with E-state index in [1.165, 1.54) is 16.2 Å². The molecule has 0 radical (unpaired) electrons. The number of likely N-dealkylation sites (N-methyl/N-ethyl adjacent to an activating group) is 1. The number of thiazole rings is 1. The van der Waals surface area contributed by atoms with Crippen LogP contribution >= 0.6 is 22.7 Å². The van der Waals surface area contributed by atoms with E-state index < -0.39 is 0 Å². The van der Waals surface area contributed by atoms with Gasteiger partial charge in [-0.15, -0.1) is 22.7 Å². The van der Waals surface area contributed by atoms with Gasteiger partial charge in [0.2, 0.25) is 5.91 Å². The molecular formula is C16H18N4OS2. The van der Waals surface area contributed by atoms with Crippen molar-refractivity contribution in [2.45, 2.75) is 32.4 Å². The maximum absolute atomic E-state index is 12.7. The molecule has 3 rings (SSSR count). The minimum absolute atomic E-state index is 0.0895. The summed E-state index contributed by atoms with van der Waals surface area (Å²) in [6.07, 6.45) is 3.64. The number of aromatic nitrogens is 1. The topological polar surface area (TPSA) is 60.2 Å². The number of nitriles is 1. The quantitative estimate of drug-likeness (QED) is 0.835. The molecule has 0 aliphatic carbocycles. The number of thiophene rings is 1. The van der Waals surface area contributed by atoms with E-state index in [0.717, 1.165) is 29.4 Å². The van der Waals surface area contributed by atoms with Crippen molar-refractivity contribution in [1.82, 2.24) is 9.88 Å². The normalized spacial score (nSPS) is 17.9. The minimum Gasteiger partial charge on any atom is -0.301 e. The fraction of sp³-hybridized carbons (Fsp3) is 0.438. The third-order valence-corrected chi connectivity index (χ3v) is 6.09. The van der Waals surface area contributed by atoms with Crippen LogP contribution in [0.4, 0.5) is 5.00 Å². The number of amides is 1. The van der Waals surface area contributed by atoms with Crippen molar-refractivity contribution >= 4 is 33.6 Å². The smallest absolute Gasteiger partial charge is 0.245 e. The van der Waals surface area contributed by atoms with Gasteiger partial charge in [0.1, 0.15) is 11.1 Å². The molecule has 23 heavy (non-hydrogen) atoms. The van der Waals surface area contributed by atoms with E-state index in [1.54, 1.807) is 22.3 Å². The minimum atomic E-state index is -0.129. The van der Waals surface area contributed by atoms with Crippen molar-refractivity contribution in [2.24, 2.45) is 0 Å². The molecule has 1 fully saturated rings. The van der Waals surface area contributed by atoms with Crippen molar-refractivity contribution in [1.29, 1.82) is 5.26 Å². The highest BCUT2D eigenvalue weighted by Crippen LogP contribution is 2.32. The van der Waals surface area contributed by atoms with Gasteiger partial charge in [-0.25, -0.2) is 4.98 Å². The third kappa shape index (κ3) is 3.15. The average molecular weight is 346 g/mol. The highest BCUT2D eigenvalue weighted by atomic mass is 32.1. The lowest BCUT2D eigenvalue weighted by atomic mass is 10.2. The predicted octanol–water partition coefficient (Wildman–Crippen LogP) is 2.88. The summed E-state index contributed by atoms with van der Waals surface area (Å²) in [5.74, 6) is 0.0895. The van der Waals surface area contributed by atoms with Gasteiger partial charge in [-0.3, -0.25) is 9.69 Å². The van der Waals surface area contributed by atoms with Gasteiger partial charge in [-0.05, 0) is 31.3 Å². The molecule has 2 aromatic rings. The average Bonchev–Trinajstić information content (AvgIpc) is 3.25. The Bertz CT molecular complexity index is 745. The fourth-order valence-electron chi connectivity index (χ4n) is 2.81. The first-order chi connectivity index (χ1) is 11.1. The van der Waals surface area contributed by atoms with Crippen LogP contribution in [0.2, 0.25) is 0 Å². The Labute approximate surface area is 143 Å². The molecule has 0 N–H and O–H groups in total. The zero-order chi connectivity index (χ0) is 16.4. The van der Waals surface area contributed by atoms with Gasteiger partial charge in [-0.2, -0.15) is 5.26 Å². The first-order valence-corrected chi connectivity index (χ1v) is 9.26. The maximum Gasteiger partial charge on any atom is 0.245 e. The van der Waals surface area contributed by atoms with Crippen LogP contribution in [0.25, 0.3) is 0 Å². The number of hydrogen-bond acceptors (Lipinski definition) is 6. The Hall–Kier alpha value is -1.75. The van der Waals surface area contributed by atoms with Crippen LogP contribution in [-0.4, -0.2) is 35.4 Å². The van der Waals surface area contributed by atoms with Crippen LogP contribution in [0, 0.1) is 11.3 Å². The summed E-state index contributed by atoms with van der Waals surface area (Å²) in [5.41, 5.74) is 0.585. The van der Waals surface area contributed by atoms with E-state index in [9.17, 15) is 4.79 Å². The second-order valence-corrected chi connectivity index (χ2v) is 7.63. The summed E-state index contributed by atoms with van der Waals surface area (Å²) in [4.78, 5) is 22.1.